The molecule has 1 amide bonds. The van der Waals surface area contributed by atoms with E-state index in [1.807, 2.05) is 0 Å². The van der Waals surface area contributed by atoms with Gasteiger partial charge in [-0.3, -0.25) is 4.79 Å². The number of nitrogens with two attached hydrogens (primary N) is 1. The minimum absolute atomic E-state index is 0.250. The second kappa shape index (κ2) is 5.47. The molecule has 2 fully saturated rings. The van der Waals surface area contributed by atoms with Crippen LogP contribution in [0.25, 0.3) is 0 Å². The van der Waals surface area contributed by atoms with E-state index in [1.165, 1.54) is 25.9 Å². The number of likely N-dealkylation sites (tertiary alicyclic amines) is 1. The van der Waals surface area contributed by atoms with E-state index in [9.17, 15) is 5.11 Å². The van der Waals surface area contributed by atoms with Gasteiger partial charge in [0.2, 0.25) is 6.41 Å². The van der Waals surface area contributed by atoms with Crippen LogP contribution in [0.15, 0.2) is 0 Å². The molecule has 2 rings (SSSR count). The van der Waals surface area contributed by atoms with Crippen molar-refractivity contribution in [2.75, 3.05) is 19.6 Å². The molecule has 3 N–H and O–H groups in total. The summed E-state index contributed by atoms with van der Waals surface area (Å²) in [6.07, 6.45) is 4.93. The molecule has 1 aliphatic carbocycles. The molecule has 1 aliphatic heterocycles. The van der Waals surface area contributed by atoms with Crippen LogP contribution >= 0.6 is 0 Å². The standard InChI is InChI=1S/C10H19NO.CH3NO/c1-9-6-10(12,7-9)8-11-4-2-3-5-11;2-1-3/h9,12H,2-8H2,1H3;1H,(H2,2,3). The molecule has 0 unspecified atom stereocenters. The third-order valence-electron chi connectivity index (χ3n) is 3.17. The van der Waals surface area contributed by atoms with Crippen molar-refractivity contribution in [3.05, 3.63) is 0 Å². The van der Waals surface area contributed by atoms with Crippen molar-refractivity contribution in [1.29, 1.82) is 0 Å². The minimum Gasteiger partial charge on any atom is -0.389 e. The number of carbonyl (C=O) groups excluding carboxylic acids is 1. The molecule has 1 saturated carbocycles. The summed E-state index contributed by atoms with van der Waals surface area (Å²) in [6.45, 7) is 5.56. The molecule has 0 spiro atoms. The summed E-state index contributed by atoms with van der Waals surface area (Å²) in [7, 11) is 0. The zero-order valence-electron chi connectivity index (χ0n) is 9.48. The van der Waals surface area contributed by atoms with Crippen molar-refractivity contribution >= 4 is 6.41 Å². The van der Waals surface area contributed by atoms with Gasteiger partial charge in [0, 0.05) is 6.54 Å². The normalized spacial score (nSPS) is 35.2. The Labute approximate surface area is 91.4 Å². The first kappa shape index (κ1) is 12.5. The topological polar surface area (TPSA) is 66.6 Å². The van der Waals surface area contributed by atoms with Crippen LogP contribution in [0.2, 0.25) is 0 Å². The predicted molar refractivity (Wildman–Crippen MR) is 59.3 cm³/mol. The molecule has 4 nitrogen and oxygen atoms in total. The highest BCUT2D eigenvalue weighted by Gasteiger charge is 2.41. The largest absolute Gasteiger partial charge is 0.389 e. The monoisotopic (exact) mass is 214 g/mol. The van der Waals surface area contributed by atoms with Crippen molar-refractivity contribution in [2.24, 2.45) is 11.7 Å². The fourth-order valence-corrected chi connectivity index (χ4v) is 2.72. The van der Waals surface area contributed by atoms with Crippen LogP contribution in [0, 0.1) is 5.92 Å². The predicted octanol–water partition coefficient (Wildman–Crippen LogP) is 0.345. The summed E-state index contributed by atoms with van der Waals surface area (Å²) < 4.78 is 0. The van der Waals surface area contributed by atoms with E-state index >= 15 is 0 Å². The lowest BCUT2D eigenvalue weighted by Gasteiger charge is -2.44. The van der Waals surface area contributed by atoms with Crippen molar-refractivity contribution in [3.8, 4) is 0 Å². The zero-order chi connectivity index (χ0) is 11.3. The van der Waals surface area contributed by atoms with Gasteiger partial charge in [-0.05, 0) is 44.7 Å². The first-order chi connectivity index (χ1) is 7.09. The van der Waals surface area contributed by atoms with Gasteiger partial charge in [-0.1, -0.05) is 6.92 Å². The fraction of sp³-hybridized carbons (Fsp3) is 0.909. The second-order valence-corrected chi connectivity index (χ2v) is 4.86. The lowest BCUT2D eigenvalue weighted by atomic mass is 9.72. The molecule has 0 radical (unpaired) electrons. The molecule has 1 heterocycles. The van der Waals surface area contributed by atoms with E-state index in [0.717, 1.165) is 25.3 Å². The SMILES string of the molecule is CC1CC(O)(CN2CCCC2)C1.NC=O. The first-order valence-electron chi connectivity index (χ1n) is 5.70. The van der Waals surface area contributed by atoms with E-state index in [-0.39, 0.29) is 12.0 Å². The molecule has 0 atom stereocenters. The van der Waals surface area contributed by atoms with Gasteiger partial charge in [-0.15, -0.1) is 0 Å². The van der Waals surface area contributed by atoms with Gasteiger partial charge in [-0.2, -0.15) is 0 Å². The van der Waals surface area contributed by atoms with Gasteiger partial charge in [0.1, 0.15) is 0 Å². The Morgan fingerprint density at radius 1 is 1.47 bits per heavy atom. The lowest BCUT2D eigenvalue weighted by Crippen LogP contribution is -2.50. The number of primary amides is 1. The van der Waals surface area contributed by atoms with Crippen molar-refractivity contribution in [1.82, 2.24) is 4.90 Å². The van der Waals surface area contributed by atoms with Gasteiger partial charge in [0.05, 0.1) is 5.60 Å². The molecular weight excluding hydrogens is 192 g/mol. The highest BCUT2D eigenvalue weighted by molar-refractivity contribution is 5.42. The van der Waals surface area contributed by atoms with Gasteiger partial charge >= 0.3 is 0 Å². The van der Waals surface area contributed by atoms with Gasteiger partial charge in [0.15, 0.2) is 0 Å². The summed E-state index contributed by atoms with van der Waals surface area (Å²) in [5, 5.41) is 10.00. The number of hydrogen-bond donors (Lipinski definition) is 2. The fourth-order valence-electron chi connectivity index (χ4n) is 2.72. The Balaban J connectivity index is 0.000000337. The number of hydrogen-bond acceptors (Lipinski definition) is 3. The zero-order valence-corrected chi connectivity index (χ0v) is 9.48. The van der Waals surface area contributed by atoms with Gasteiger partial charge in [0.25, 0.3) is 0 Å². The van der Waals surface area contributed by atoms with Crippen molar-refractivity contribution < 1.29 is 9.90 Å². The Kier molecular flexibility index (Phi) is 4.54. The van der Waals surface area contributed by atoms with Gasteiger partial charge < -0.3 is 15.7 Å². The van der Waals surface area contributed by atoms with Crippen LogP contribution in [-0.4, -0.2) is 41.7 Å². The third kappa shape index (κ3) is 3.80. The number of rotatable bonds is 2. The minimum atomic E-state index is -0.316. The number of carbonyl (C=O) groups is 1. The maximum Gasteiger partial charge on any atom is 0.204 e. The molecule has 0 aromatic rings. The third-order valence-corrected chi connectivity index (χ3v) is 3.17. The van der Waals surface area contributed by atoms with Crippen LogP contribution in [0.3, 0.4) is 0 Å². The molecule has 0 aromatic heterocycles. The van der Waals surface area contributed by atoms with E-state index in [0.29, 0.717) is 0 Å². The first-order valence-corrected chi connectivity index (χ1v) is 5.70. The Hall–Kier alpha value is -0.610. The quantitative estimate of drug-likeness (QED) is 0.652. The van der Waals surface area contributed by atoms with E-state index in [1.54, 1.807) is 0 Å². The molecule has 88 valence electrons. The maximum atomic E-state index is 10.00. The van der Waals surface area contributed by atoms with Crippen LogP contribution in [-0.2, 0) is 4.79 Å². The van der Waals surface area contributed by atoms with Crippen molar-refractivity contribution in [2.45, 2.75) is 38.2 Å². The maximum absolute atomic E-state index is 10.00. The number of aliphatic hydroxyl groups is 1. The average Bonchev–Trinajstić information content (AvgIpc) is 2.55. The van der Waals surface area contributed by atoms with Crippen LogP contribution in [0.5, 0.6) is 0 Å². The summed E-state index contributed by atoms with van der Waals surface area (Å²) in [5.74, 6) is 0.748. The average molecular weight is 214 g/mol. The molecule has 4 heteroatoms. The summed E-state index contributed by atoms with van der Waals surface area (Å²) in [5.41, 5.74) is 3.85. The molecule has 0 aromatic carbocycles. The Bertz CT molecular complexity index is 197. The lowest BCUT2D eigenvalue weighted by molar-refractivity contribution is -0.106. The summed E-state index contributed by atoms with van der Waals surface area (Å²) in [4.78, 5) is 11.0. The number of nitrogens with zero attached hydrogens (tertiary/aromatic N) is 1. The smallest absolute Gasteiger partial charge is 0.204 e. The Morgan fingerprint density at radius 3 is 2.33 bits per heavy atom. The molecular formula is C11H22N2O2. The summed E-state index contributed by atoms with van der Waals surface area (Å²) >= 11 is 0. The van der Waals surface area contributed by atoms with Crippen LogP contribution < -0.4 is 5.73 Å². The van der Waals surface area contributed by atoms with Crippen molar-refractivity contribution in [3.63, 3.8) is 0 Å². The molecule has 2 aliphatic rings. The second-order valence-electron chi connectivity index (χ2n) is 4.86. The summed E-state index contributed by atoms with van der Waals surface area (Å²) in [6, 6.07) is 0. The highest BCUT2D eigenvalue weighted by Crippen LogP contribution is 2.38. The highest BCUT2D eigenvalue weighted by atomic mass is 16.3. The van der Waals surface area contributed by atoms with E-state index in [2.05, 4.69) is 17.6 Å². The van der Waals surface area contributed by atoms with Crippen LogP contribution in [0.1, 0.15) is 32.6 Å². The molecule has 0 bridgehead atoms. The van der Waals surface area contributed by atoms with E-state index in [4.69, 9.17) is 4.79 Å². The van der Waals surface area contributed by atoms with Crippen LogP contribution in [0.4, 0.5) is 0 Å². The molecule has 1 saturated heterocycles. The van der Waals surface area contributed by atoms with E-state index < -0.39 is 0 Å². The molecule has 15 heavy (non-hydrogen) atoms. The number of amides is 1. The Morgan fingerprint density at radius 2 is 1.93 bits per heavy atom. The van der Waals surface area contributed by atoms with Gasteiger partial charge in [-0.25, -0.2) is 0 Å². The number of β-amino-alcohol motifs (C(OH)–C–C–N with tert-alkyl or cyclic N) is 1.